The average Bonchev–Trinajstić information content (AvgIpc) is 3.92. The number of aryl methyl sites for hydroxylation is 4. The first-order valence-electron chi connectivity index (χ1n) is 20.4. The van der Waals surface area contributed by atoms with E-state index < -0.39 is 11.6 Å². The second kappa shape index (κ2) is 21.8. The number of hydrogen-bond donors (Lipinski definition) is 0. The van der Waals surface area contributed by atoms with Crippen molar-refractivity contribution in [1.29, 1.82) is 0 Å². The van der Waals surface area contributed by atoms with Crippen molar-refractivity contribution in [3.8, 4) is 32.6 Å². The van der Waals surface area contributed by atoms with Gasteiger partial charge in [-0.3, -0.25) is 19.4 Å². The molecule has 0 spiro atoms. The first-order chi connectivity index (χ1) is 30.0. The standard InChI is InChI=1S/C27H32ClN3O4S.C20H20ClN3O2S/c1-7-8-13-31(25(33)20-11-9-10-12-21(20)28)26-30-29-24(36-26)19-14-17(2)23(18(3)15-19)34-16-22(32)35-27(4,5)6;1-5-24(19(25)15-8-6-7-9-16(15)21)20-23-22-18(27-20)14-10-12(2)17(26-4)13(3)11-14/h9-12,14-15H,7-8,13,16H2,1-6H3;6-11H,5H2,1-4H3. The van der Waals surface area contributed by atoms with Crippen LogP contribution in [-0.4, -0.2) is 70.6 Å². The summed E-state index contributed by atoms with van der Waals surface area (Å²) in [5, 5.41) is 20.6. The number of rotatable bonds is 14. The number of unbranched alkanes of at least 4 members (excludes halogenated alkanes) is 1. The van der Waals surface area contributed by atoms with E-state index in [9.17, 15) is 14.4 Å². The average molecular weight is 932 g/mol. The van der Waals surface area contributed by atoms with Gasteiger partial charge in [0.25, 0.3) is 11.8 Å². The van der Waals surface area contributed by atoms with Crippen LogP contribution >= 0.6 is 45.9 Å². The number of amides is 2. The van der Waals surface area contributed by atoms with Crippen LogP contribution in [0, 0.1) is 27.7 Å². The van der Waals surface area contributed by atoms with Crippen LogP contribution in [0.5, 0.6) is 11.5 Å². The van der Waals surface area contributed by atoms with E-state index in [-0.39, 0.29) is 18.4 Å². The maximum atomic E-state index is 13.3. The molecular formula is C47H52Cl2N6O6S2. The number of aromatic nitrogens is 4. The molecule has 12 nitrogen and oxygen atoms in total. The first kappa shape index (κ1) is 48.6. The summed E-state index contributed by atoms with van der Waals surface area (Å²) in [6, 6.07) is 21.9. The first-order valence-corrected chi connectivity index (χ1v) is 22.8. The van der Waals surface area contributed by atoms with Gasteiger partial charge in [-0.1, -0.05) is 83.5 Å². The Balaban J connectivity index is 0.000000247. The lowest BCUT2D eigenvalue weighted by Gasteiger charge is -2.20. The fourth-order valence-electron chi connectivity index (χ4n) is 6.61. The molecule has 0 saturated heterocycles. The highest BCUT2D eigenvalue weighted by Gasteiger charge is 2.25. The van der Waals surface area contributed by atoms with Gasteiger partial charge in [0.2, 0.25) is 10.3 Å². The minimum atomic E-state index is -0.567. The summed E-state index contributed by atoms with van der Waals surface area (Å²) in [5.74, 6) is 0.692. The molecule has 0 fully saturated rings. The third kappa shape index (κ3) is 12.4. The van der Waals surface area contributed by atoms with Crippen LogP contribution < -0.4 is 19.3 Å². The van der Waals surface area contributed by atoms with Gasteiger partial charge >= 0.3 is 5.97 Å². The molecular weight excluding hydrogens is 880 g/mol. The Morgan fingerprint density at radius 2 is 1.11 bits per heavy atom. The number of hydrogen-bond acceptors (Lipinski definition) is 12. The molecule has 0 radical (unpaired) electrons. The van der Waals surface area contributed by atoms with Gasteiger partial charge in [-0.25, -0.2) is 4.79 Å². The lowest BCUT2D eigenvalue weighted by molar-refractivity contribution is -0.157. The highest BCUT2D eigenvalue weighted by Crippen LogP contribution is 2.36. The second-order valence-corrected chi connectivity index (χ2v) is 18.3. The molecule has 0 saturated carbocycles. The number of carbonyl (C=O) groups excluding carboxylic acids is 3. The third-order valence-electron chi connectivity index (χ3n) is 9.41. The Bertz CT molecular complexity index is 2530. The number of halogens is 2. The van der Waals surface area contributed by atoms with Crippen molar-refractivity contribution >= 4 is 73.9 Å². The minimum absolute atomic E-state index is 0.169. The largest absolute Gasteiger partial charge is 0.496 e. The summed E-state index contributed by atoms with van der Waals surface area (Å²) in [4.78, 5) is 41.5. The van der Waals surface area contributed by atoms with Crippen LogP contribution in [0.4, 0.5) is 10.3 Å². The van der Waals surface area contributed by atoms with Gasteiger partial charge in [0.05, 0.1) is 28.3 Å². The van der Waals surface area contributed by atoms with Gasteiger partial charge in [-0.2, -0.15) is 0 Å². The lowest BCUT2D eigenvalue weighted by atomic mass is 10.1. The zero-order valence-electron chi connectivity index (χ0n) is 37.2. The van der Waals surface area contributed by atoms with Crippen LogP contribution in [0.15, 0.2) is 72.8 Å². The van der Waals surface area contributed by atoms with Crippen molar-refractivity contribution in [3.63, 3.8) is 0 Å². The van der Waals surface area contributed by atoms with E-state index in [2.05, 4.69) is 27.3 Å². The van der Waals surface area contributed by atoms with Gasteiger partial charge in [0.1, 0.15) is 27.1 Å². The van der Waals surface area contributed by atoms with Crippen molar-refractivity contribution in [3.05, 3.63) is 116 Å². The van der Waals surface area contributed by atoms with E-state index >= 15 is 0 Å². The monoisotopic (exact) mass is 930 g/mol. The Kier molecular flexibility index (Phi) is 16.8. The van der Waals surface area contributed by atoms with Crippen molar-refractivity contribution in [2.24, 2.45) is 0 Å². The molecule has 0 bridgehead atoms. The van der Waals surface area contributed by atoms with E-state index in [1.54, 1.807) is 65.4 Å². The minimum Gasteiger partial charge on any atom is -0.496 e. The second-order valence-electron chi connectivity index (χ2n) is 15.6. The molecule has 6 rings (SSSR count). The summed E-state index contributed by atoms with van der Waals surface area (Å²) >= 11 is 15.2. The van der Waals surface area contributed by atoms with Crippen molar-refractivity contribution in [2.45, 2.75) is 80.8 Å². The summed E-state index contributed by atoms with van der Waals surface area (Å²) < 4.78 is 16.5. The topological polar surface area (TPSA) is 137 Å². The van der Waals surface area contributed by atoms with Crippen LogP contribution in [0.25, 0.3) is 21.1 Å². The molecule has 2 aromatic heterocycles. The SMILES string of the molecule is CCCCN(C(=O)c1ccccc1Cl)c1nnc(-c2cc(C)c(OCC(=O)OC(C)(C)C)c(C)c2)s1.CCN(C(=O)c1ccccc1Cl)c1nnc(-c2cc(C)c(OC)c(C)c2)s1. The zero-order chi connectivity index (χ0) is 46.0. The molecule has 0 unspecified atom stereocenters. The van der Waals surface area contributed by atoms with E-state index in [0.717, 1.165) is 57.0 Å². The summed E-state index contributed by atoms with van der Waals surface area (Å²) in [7, 11) is 1.66. The predicted molar refractivity (Wildman–Crippen MR) is 254 cm³/mol. The van der Waals surface area contributed by atoms with Gasteiger partial charge < -0.3 is 14.2 Å². The molecule has 6 aromatic rings. The molecule has 0 atom stereocenters. The van der Waals surface area contributed by atoms with Crippen LogP contribution in [0.1, 0.15) is 90.4 Å². The Hall–Kier alpha value is -5.41. The summed E-state index contributed by atoms with van der Waals surface area (Å²) in [6.07, 6.45) is 1.76. The Morgan fingerprint density at radius 1 is 0.667 bits per heavy atom. The Labute approximate surface area is 387 Å². The van der Waals surface area contributed by atoms with E-state index in [4.69, 9.17) is 37.4 Å². The molecule has 2 heterocycles. The number of anilines is 2. The summed E-state index contributed by atoms with van der Waals surface area (Å²) in [6.45, 7) is 18.1. The van der Waals surface area contributed by atoms with Crippen LogP contribution in [-0.2, 0) is 9.53 Å². The lowest BCUT2D eigenvalue weighted by Crippen LogP contribution is -2.32. The molecule has 0 aliphatic heterocycles. The number of methoxy groups -OCH3 is 1. The molecule has 0 aliphatic rings. The molecule has 63 heavy (non-hydrogen) atoms. The molecule has 2 amide bonds. The maximum Gasteiger partial charge on any atom is 0.344 e. The van der Waals surface area contributed by atoms with E-state index in [1.807, 2.05) is 79.7 Å². The Morgan fingerprint density at radius 3 is 1.54 bits per heavy atom. The van der Waals surface area contributed by atoms with E-state index in [1.165, 1.54) is 22.7 Å². The van der Waals surface area contributed by atoms with Gasteiger partial charge in [0.15, 0.2) is 6.61 Å². The van der Waals surface area contributed by atoms with Crippen molar-refractivity contribution in [2.75, 3.05) is 36.6 Å². The highest BCUT2D eigenvalue weighted by atomic mass is 35.5. The molecule has 332 valence electrons. The van der Waals surface area contributed by atoms with Crippen molar-refractivity contribution < 1.29 is 28.6 Å². The van der Waals surface area contributed by atoms with Crippen LogP contribution in [0.2, 0.25) is 10.0 Å². The molecule has 16 heteroatoms. The molecule has 4 aromatic carbocycles. The quantitative estimate of drug-likeness (QED) is 0.0971. The van der Waals surface area contributed by atoms with Gasteiger partial charge in [-0.05, 0) is 133 Å². The molecule has 0 N–H and O–H groups in total. The number of benzene rings is 4. The van der Waals surface area contributed by atoms with Gasteiger partial charge in [-0.15, -0.1) is 20.4 Å². The normalized spacial score (nSPS) is 11.0. The fourth-order valence-corrected chi connectivity index (χ4v) is 8.79. The van der Waals surface area contributed by atoms with Gasteiger partial charge in [0, 0.05) is 24.2 Å². The zero-order valence-corrected chi connectivity index (χ0v) is 40.3. The highest BCUT2D eigenvalue weighted by molar-refractivity contribution is 7.19. The number of carbonyl (C=O) groups is 3. The van der Waals surface area contributed by atoms with Crippen molar-refractivity contribution in [1.82, 2.24) is 20.4 Å². The third-order valence-corrected chi connectivity index (χ3v) is 12.1. The predicted octanol–water partition coefficient (Wildman–Crippen LogP) is 11.8. The number of nitrogens with zero attached hydrogens (tertiary/aromatic N) is 6. The summed E-state index contributed by atoms with van der Waals surface area (Å²) in [5.41, 5.74) is 5.92. The van der Waals surface area contributed by atoms with Crippen LogP contribution in [0.3, 0.4) is 0 Å². The maximum absolute atomic E-state index is 13.3. The smallest absolute Gasteiger partial charge is 0.344 e. The fraction of sp³-hybridized carbons (Fsp3) is 0.340. The number of esters is 1. The number of ether oxygens (including phenoxy) is 3. The van der Waals surface area contributed by atoms with E-state index in [0.29, 0.717) is 55.3 Å². The molecule has 0 aliphatic carbocycles.